The van der Waals surface area contributed by atoms with Crippen LogP contribution in [0.25, 0.3) is 0 Å². The first kappa shape index (κ1) is 15.4. The Bertz CT molecular complexity index is 641. The molecule has 18 heavy (non-hydrogen) atoms. The lowest BCUT2D eigenvalue weighted by Crippen LogP contribution is -2.23. The van der Waals surface area contributed by atoms with E-state index in [4.69, 9.17) is 0 Å². The second kappa shape index (κ2) is 5.54. The number of hydrogen-bond acceptors (Lipinski definition) is 5. The highest BCUT2D eigenvalue weighted by Gasteiger charge is 2.15. The SMILES string of the molecule is Cc1nc(NS(=O)(=O)CCS(C)(=O)=O)ccc1Br. The Morgan fingerprint density at radius 3 is 2.33 bits per heavy atom. The molecule has 0 saturated heterocycles. The molecule has 102 valence electrons. The lowest BCUT2D eigenvalue weighted by molar-refractivity contribution is 0.593. The van der Waals surface area contributed by atoms with E-state index in [9.17, 15) is 16.8 Å². The van der Waals surface area contributed by atoms with E-state index in [1.54, 1.807) is 13.0 Å². The summed E-state index contributed by atoms with van der Waals surface area (Å²) in [6, 6.07) is 3.16. The number of nitrogens with one attached hydrogen (secondary N) is 1. The van der Waals surface area contributed by atoms with E-state index in [-0.39, 0.29) is 5.82 Å². The van der Waals surface area contributed by atoms with E-state index in [1.165, 1.54) is 6.07 Å². The van der Waals surface area contributed by atoms with Crippen molar-refractivity contribution in [1.82, 2.24) is 4.98 Å². The molecule has 0 bridgehead atoms. The maximum absolute atomic E-state index is 11.6. The average Bonchev–Trinajstić information content (AvgIpc) is 2.20. The number of aromatic nitrogens is 1. The van der Waals surface area contributed by atoms with Gasteiger partial charge in [0.25, 0.3) is 0 Å². The third kappa shape index (κ3) is 5.32. The maximum Gasteiger partial charge on any atom is 0.234 e. The number of halogens is 1. The number of hydrogen-bond donors (Lipinski definition) is 1. The van der Waals surface area contributed by atoms with Crippen molar-refractivity contribution in [3.8, 4) is 0 Å². The summed E-state index contributed by atoms with van der Waals surface area (Å²) >= 11 is 3.25. The number of pyridine rings is 1. The lowest BCUT2D eigenvalue weighted by atomic mass is 10.4. The minimum atomic E-state index is -3.70. The number of rotatable bonds is 5. The van der Waals surface area contributed by atoms with E-state index in [0.717, 1.165) is 10.7 Å². The van der Waals surface area contributed by atoms with Crippen LogP contribution in [0.4, 0.5) is 5.82 Å². The van der Waals surface area contributed by atoms with Gasteiger partial charge in [0.2, 0.25) is 10.0 Å². The molecule has 0 aliphatic rings. The highest BCUT2D eigenvalue weighted by Crippen LogP contribution is 2.16. The maximum atomic E-state index is 11.6. The first-order valence-corrected chi connectivity index (χ1v) is 9.41. The Morgan fingerprint density at radius 1 is 1.22 bits per heavy atom. The molecule has 1 aromatic heterocycles. The first-order valence-electron chi connectivity index (χ1n) is 4.90. The van der Waals surface area contributed by atoms with Gasteiger partial charge in [0.15, 0.2) is 0 Å². The highest BCUT2D eigenvalue weighted by molar-refractivity contribution is 9.10. The molecule has 0 spiro atoms. The van der Waals surface area contributed by atoms with Gasteiger partial charge in [0.05, 0.1) is 17.2 Å². The fourth-order valence-corrected chi connectivity index (χ4v) is 3.92. The van der Waals surface area contributed by atoms with Crippen molar-refractivity contribution in [3.05, 3.63) is 22.3 Å². The quantitative estimate of drug-likeness (QED) is 0.847. The summed E-state index contributed by atoms with van der Waals surface area (Å²) in [6.07, 6.45) is 0.991. The van der Waals surface area contributed by atoms with Gasteiger partial charge in [-0.3, -0.25) is 4.72 Å². The number of aryl methyl sites for hydroxylation is 1. The minimum absolute atomic E-state index is 0.171. The molecule has 0 amide bonds. The van der Waals surface area contributed by atoms with E-state index >= 15 is 0 Å². The van der Waals surface area contributed by atoms with E-state index in [0.29, 0.717) is 5.69 Å². The van der Waals surface area contributed by atoms with Crippen LogP contribution in [-0.4, -0.2) is 39.6 Å². The summed E-state index contributed by atoms with van der Waals surface area (Å²) in [7, 11) is -7.02. The van der Waals surface area contributed by atoms with Gasteiger partial charge in [0.1, 0.15) is 15.7 Å². The minimum Gasteiger partial charge on any atom is -0.267 e. The molecule has 1 heterocycles. The second-order valence-corrected chi connectivity index (χ2v) is 8.77. The smallest absolute Gasteiger partial charge is 0.234 e. The predicted octanol–water partition coefficient (Wildman–Crippen LogP) is 0.939. The molecule has 1 N–H and O–H groups in total. The summed E-state index contributed by atoms with van der Waals surface area (Å²) in [5.74, 6) is -0.732. The van der Waals surface area contributed by atoms with Crippen LogP contribution in [0, 0.1) is 6.92 Å². The van der Waals surface area contributed by atoms with Crippen molar-refractivity contribution >= 4 is 41.6 Å². The third-order valence-electron chi connectivity index (χ3n) is 2.00. The molecule has 9 heteroatoms. The Morgan fingerprint density at radius 2 is 1.83 bits per heavy atom. The van der Waals surface area contributed by atoms with Crippen LogP contribution in [0.2, 0.25) is 0 Å². The first-order chi connectivity index (χ1) is 8.09. The van der Waals surface area contributed by atoms with Crippen LogP contribution in [0.15, 0.2) is 16.6 Å². The topological polar surface area (TPSA) is 93.2 Å². The van der Waals surface area contributed by atoms with Crippen LogP contribution in [0.3, 0.4) is 0 Å². The zero-order valence-corrected chi connectivity index (χ0v) is 13.1. The van der Waals surface area contributed by atoms with Crippen molar-refractivity contribution in [1.29, 1.82) is 0 Å². The summed E-state index contributed by atoms with van der Waals surface area (Å²) in [4.78, 5) is 4.02. The summed E-state index contributed by atoms with van der Waals surface area (Å²) in [5.41, 5.74) is 0.637. The van der Waals surface area contributed by atoms with Crippen molar-refractivity contribution in [3.63, 3.8) is 0 Å². The Balaban J connectivity index is 2.80. The largest absolute Gasteiger partial charge is 0.267 e. The molecule has 0 aliphatic carbocycles. The lowest BCUT2D eigenvalue weighted by Gasteiger charge is -2.07. The van der Waals surface area contributed by atoms with Crippen LogP contribution in [0.5, 0.6) is 0 Å². The van der Waals surface area contributed by atoms with Crippen LogP contribution in [-0.2, 0) is 19.9 Å². The Labute approximate surface area is 115 Å². The van der Waals surface area contributed by atoms with Gasteiger partial charge in [-0.25, -0.2) is 21.8 Å². The molecule has 1 aromatic rings. The molecule has 0 saturated carbocycles. The van der Waals surface area contributed by atoms with Crippen molar-refractivity contribution in [2.24, 2.45) is 0 Å². The molecule has 0 radical (unpaired) electrons. The monoisotopic (exact) mass is 356 g/mol. The van der Waals surface area contributed by atoms with E-state index < -0.39 is 31.4 Å². The number of sulfonamides is 1. The van der Waals surface area contributed by atoms with Crippen molar-refractivity contribution in [2.75, 3.05) is 22.5 Å². The summed E-state index contributed by atoms with van der Waals surface area (Å²) in [5, 5.41) is 0. The number of anilines is 1. The highest BCUT2D eigenvalue weighted by atomic mass is 79.9. The zero-order valence-electron chi connectivity index (χ0n) is 9.84. The number of nitrogens with zero attached hydrogens (tertiary/aromatic N) is 1. The van der Waals surface area contributed by atoms with Crippen LogP contribution >= 0.6 is 15.9 Å². The third-order valence-corrected chi connectivity index (χ3v) is 5.31. The van der Waals surface area contributed by atoms with Gasteiger partial charge in [-0.1, -0.05) is 0 Å². The normalized spacial score (nSPS) is 12.4. The molecular weight excluding hydrogens is 344 g/mol. The molecule has 1 rings (SSSR count). The standard InChI is InChI=1S/C9H13BrN2O4S2/c1-7-8(10)3-4-9(11-7)12-18(15,16)6-5-17(2,13)14/h3-4H,5-6H2,1-2H3,(H,11,12). The second-order valence-electron chi connectivity index (χ2n) is 3.81. The molecular formula is C9H13BrN2O4S2. The van der Waals surface area contributed by atoms with Gasteiger partial charge in [-0.2, -0.15) is 0 Å². The summed E-state index contributed by atoms with van der Waals surface area (Å²) < 4.78 is 48.1. The predicted molar refractivity (Wildman–Crippen MR) is 73.8 cm³/mol. The molecule has 0 aliphatic heterocycles. The van der Waals surface area contributed by atoms with Gasteiger partial charge in [-0.05, 0) is 35.0 Å². The van der Waals surface area contributed by atoms with Crippen molar-refractivity contribution in [2.45, 2.75) is 6.92 Å². The van der Waals surface area contributed by atoms with Gasteiger partial charge < -0.3 is 0 Å². The fraction of sp³-hybridized carbons (Fsp3) is 0.444. The van der Waals surface area contributed by atoms with Crippen LogP contribution < -0.4 is 4.72 Å². The van der Waals surface area contributed by atoms with Gasteiger partial charge in [-0.15, -0.1) is 0 Å². The summed E-state index contributed by atoms with van der Waals surface area (Å²) in [6.45, 7) is 1.72. The molecule has 6 nitrogen and oxygen atoms in total. The number of sulfone groups is 1. The van der Waals surface area contributed by atoms with Gasteiger partial charge >= 0.3 is 0 Å². The van der Waals surface area contributed by atoms with Crippen molar-refractivity contribution < 1.29 is 16.8 Å². The van der Waals surface area contributed by atoms with E-state index in [1.807, 2.05) is 0 Å². The fourth-order valence-electron chi connectivity index (χ4n) is 1.07. The van der Waals surface area contributed by atoms with Gasteiger partial charge in [0, 0.05) is 10.7 Å². The Hall–Kier alpha value is -0.670. The Kier molecular flexibility index (Phi) is 4.73. The zero-order chi connectivity index (χ0) is 14.0. The molecule has 0 atom stereocenters. The van der Waals surface area contributed by atoms with Crippen LogP contribution in [0.1, 0.15) is 5.69 Å². The molecule has 0 aromatic carbocycles. The van der Waals surface area contributed by atoms with E-state index in [2.05, 4.69) is 25.6 Å². The molecule has 0 unspecified atom stereocenters. The molecule has 0 fully saturated rings. The average molecular weight is 357 g/mol.